The van der Waals surface area contributed by atoms with E-state index < -0.39 is 0 Å². The molecule has 0 nitrogen and oxygen atoms in total. The first-order valence-electron chi connectivity index (χ1n) is 8.86. The van der Waals surface area contributed by atoms with Crippen LogP contribution in [0, 0.1) is 27.7 Å². The monoisotopic (exact) mass is 316 g/mol. The molecule has 0 fully saturated rings. The highest BCUT2D eigenvalue weighted by atomic mass is 14.3. The summed E-state index contributed by atoms with van der Waals surface area (Å²) in [5.41, 5.74) is 11.4. The van der Waals surface area contributed by atoms with Gasteiger partial charge in [-0.05, 0) is 80.0 Å². The van der Waals surface area contributed by atoms with Crippen molar-refractivity contribution in [3.63, 3.8) is 0 Å². The van der Waals surface area contributed by atoms with E-state index in [2.05, 4.69) is 90.1 Å². The smallest absolute Gasteiger partial charge is 0.0149 e. The number of hydrogen-bond donors (Lipinski definition) is 0. The lowest BCUT2D eigenvalue weighted by Gasteiger charge is -2.34. The predicted molar refractivity (Wildman–Crippen MR) is 106 cm³/mol. The van der Waals surface area contributed by atoms with Crippen LogP contribution in [0.5, 0.6) is 0 Å². The molecule has 0 N–H and O–H groups in total. The maximum atomic E-state index is 2.38. The van der Waals surface area contributed by atoms with Crippen LogP contribution in [0.2, 0.25) is 0 Å². The summed E-state index contributed by atoms with van der Waals surface area (Å²) >= 11 is 0. The lowest BCUT2D eigenvalue weighted by atomic mass is 9.70. The molecule has 1 atom stereocenters. The zero-order chi connectivity index (χ0) is 17.5. The van der Waals surface area contributed by atoms with Crippen molar-refractivity contribution in [3.05, 3.63) is 82.0 Å². The standard InChI is InChI=1S/C24H28/c1-16-10-9-13-24(6,15-16)23-19(4)14-18(3)22(20(23)5)21-12-8-7-11-17(21)2/h7-14H,15H2,1-6H3. The summed E-state index contributed by atoms with van der Waals surface area (Å²) in [6.07, 6.45) is 7.95. The number of hydrogen-bond acceptors (Lipinski definition) is 0. The largest absolute Gasteiger partial charge is 0.0739 e. The summed E-state index contributed by atoms with van der Waals surface area (Å²) in [6.45, 7) is 13.7. The summed E-state index contributed by atoms with van der Waals surface area (Å²) in [5.74, 6) is 0. The van der Waals surface area contributed by atoms with Gasteiger partial charge in [0, 0.05) is 5.41 Å². The van der Waals surface area contributed by atoms with Gasteiger partial charge >= 0.3 is 0 Å². The molecule has 0 saturated heterocycles. The molecular formula is C24H28. The van der Waals surface area contributed by atoms with E-state index >= 15 is 0 Å². The molecule has 0 saturated carbocycles. The van der Waals surface area contributed by atoms with Crippen LogP contribution in [0.25, 0.3) is 11.1 Å². The van der Waals surface area contributed by atoms with Gasteiger partial charge < -0.3 is 0 Å². The van der Waals surface area contributed by atoms with Crippen molar-refractivity contribution in [2.75, 3.05) is 0 Å². The van der Waals surface area contributed by atoms with Crippen molar-refractivity contribution in [1.82, 2.24) is 0 Å². The van der Waals surface area contributed by atoms with Crippen LogP contribution in [0.3, 0.4) is 0 Å². The maximum Gasteiger partial charge on any atom is 0.0149 e. The fourth-order valence-corrected chi connectivity index (χ4v) is 4.63. The van der Waals surface area contributed by atoms with Gasteiger partial charge in [0.05, 0.1) is 0 Å². The molecule has 24 heavy (non-hydrogen) atoms. The van der Waals surface area contributed by atoms with E-state index in [-0.39, 0.29) is 5.41 Å². The van der Waals surface area contributed by atoms with E-state index in [1.54, 1.807) is 0 Å². The van der Waals surface area contributed by atoms with Crippen molar-refractivity contribution in [2.24, 2.45) is 0 Å². The minimum Gasteiger partial charge on any atom is -0.0739 e. The first-order valence-corrected chi connectivity index (χ1v) is 8.86. The SMILES string of the molecule is CC1=CC=CC(C)(c2c(C)cc(C)c(-c3ccccc3C)c2C)C1. The van der Waals surface area contributed by atoms with E-state index in [1.165, 1.54) is 44.5 Å². The highest BCUT2D eigenvalue weighted by molar-refractivity contribution is 5.76. The zero-order valence-corrected chi connectivity index (χ0v) is 15.8. The molecule has 3 rings (SSSR count). The molecule has 0 aromatic heterocycles. The van der Waals surface area contributed by atoms with Crippen LogP contribution in [0.1, 0.15) is 48.1 Å². The highest BCUT2D eigenvalue weighted by Gasteiger charge is 2.30. The van der Waals surface area contributed by atoms with Crippen LogP contribution in [-0.4, -0.2) is 0 Å². The summed E-state index contributed by atoms with van der Waals surface area (Å²) in [5, 5.41) is 0. The van der Waals surface area contributed by atoms with Crippen molar-refractivity contribution >= 4 is 0 Å². The Labute approximate surface area is 146 Å². The van der Waals surface area contributed by atoms with Crippen LogP contribution in [0.15, 0.2) is 54.1 Å². The summed E-state index contributed by atoms with van der Waals surface area (Å²) in [4.78, 5) is 0. The summed E-state index contributed by atoms with van der Waals surface area (Å²) < 4.78 is 0. The molecule has 0 amide bonds. The average molecular weight is 316 g/mol. The van der Waals surface area contributed by atoms with E-state index in [4.69, 9.17) is 0 Å². The fraction of sp³-hybridized carbons (Fsp3) is 0.333. The Kier molecular flexibility index (Phi) is 4.25. The third kappa shape index (κ3) is 2.75. The second kappa shape index (κ2) is 6.09. The minimum absolute atomic E-state index is 0.0815. The summed E-state index contributed by atoms with van der Waals surface area (Å²) in [6, 6.07) is 11.1. The van der Waals surface area contributed by atoms with Gasteiger partial charge in [-0.25, -0.2) is 0 Å². The Morgan fingerprint density at radius 3 is 2.25 bits per heavy atom. The van der Waals surface area contributed by atoms with Crippen LogP contribution in [-0.2, 0) is 5.41 Å². The lowest BCUT2D eigenvalue weighted by Crippen LogP contribution is -2.24. The molecule has 2 aromatic carbocycles. The third-order valence-electron chi connectivity index (χ3n) is 5.45. The molecule has 1 unspecified atom stereocenters. The van der Waals surface area contributed by atoms with E-state index in [9.17, 15) is 0 Å². The molecule has 0 heterocycles. The second-order valence-corrected chi connectivity index (χ2v) is 7.67. The van der Waals surface area contributed by atoms with Gasteiger partial charge in [0.1, 0.15) is 0 Å². The lowest BCUT2D eigenvalue weighted by molar-refractivity contribution is 0.573. The van der Waals surface area contributed by atoms with Crippen LogP contribution >= 0.6 is 0 Å². The highest BCUT2D eigenvalue weighted by Crippen LogP contribution is 2.43. The van der Waals surface area contributed by atoms with Gasteiger partial charge in [-0.15, -0.1) is 0 Å². The summed E-state index contributed by atoms with van der Waals surface area (Å²) in [7, 11) is 0. The van der Waals surface area contributed by atoms with E-state index in [0.29, 0.717) is 0 Å². The first kappa shape index (κ1) is 16.8. The zero-order valence-electron chi connectivity index (χ0n) is 15.8. The molecule has 1 aliphatic carbocycles. The van der Waals surface area contributed by atoms with Gasteiger partial charge in [-0.1, -0.05) is 61.1 Å². The number of benzene rings is 2. The van der Waals surface area contributed by atoms with Gasteiger partial charge in [0.15, 0.2) is 0 Å². The van der Waals surface area contributed by atoms with Crippen molar-refractivity contribution in [3.8, 4) is 11.1 Å². The number of allylic oxidation sites excluding steroid dienone is 4. The normalized spacial score (nSPS) is 20.2. The number of rotatable bonds is 2. The Morgan fingerprint density at radius 2 is 1.58 bits per heavy atom. The minimum atomic E-state index is 0.0815. The topological polar surface area (TPSA) is 0 Å². The van der Waals surface area contributed by atoms with E-state index in [0.717, 1.165) is 6.42 Å². The second-order valence-electron chi connectivity index (χ2n) is 7.67. The maximum absolute atomic E-state index is 2.38. The van der Waals surface area contributed by atoms with Gasteiger partial charge in [-0.3, -0.25) is 0 Å². The Bertz CT molecular complexity index is 849. The van der Waals surface area contributed by atoms with Crippen molar-refractivity contribution in [2.45, 2.75) is 53.4 Å². The molecule has 0 aliphatic heterocycles. The van der Waals surface area contributed by atoms with E-state index in [1.807, 2.05) is 0 Å². The predicted octanol–water partition coefficient (Wildman–Crippen LogP) is 6.75. The fourth-order valence-electron chi connectivity index (χ4n) is 4.63. The molecule has 0 radical (unpaired) electrons. The Hall–Kier alpha value is -2.08. The average Bonchev–Trinajstić information content (AvgIpc) is 2.48. The van der Waals surface area contributed by atoms with Gasteiger partial charge in [0.2, 0.25) is 0 Å². The third-order valence-corrected chi connectivity index (χ3v) is 5.45. The van der Waals surface area contributed by atoms with Gasteiger partial charge in [0.25, 0.3) is 0 Å². The van der Waals surface area contributed by atoms with Crippen molar-refractivity contribution < 1.29 is 0 Å². The van der Waals surface area contributed by atoms with Gasteiger partial charge in [-0.2, -0.15) is 0 Å². The molecule has 0 heteroatoms. The first-order chi connectivity index (χ1) is 11.3. The molecule has 1 aliphatic rings. The van der Waals surface area contributed by atoms with Crippen molar-refractivity contribution in [1.29, 1.82) is 0 Å². The molecule has 0 spiro atoms. The van der Waals surface area contributed by atoms with Crippen LogP contribution in [0.4, 0.5) is 0 Å². The molecular weight excluding hydrogens is 288 g/mol. The van der Waals surface area contributed by atoms with Crippen LogP contribution < -0.4 is 0 Å². The molecule has 124 valence electrons. The molecule has 0 bridgehead atoms. The Morgan fingerprint density at radius 1 is 0.875 bits per heavy atom. The Balaban J connectivity index is 2.27. The number of aryl methyl sites for hydroxylation is 3. The quantitative estimate of drug-likeness (QED) is 0.574. The molecule has 2 aromatic rings.